The van der Waals surface area contributed by atoms with Crippen LogP contribution in [0.25, 0.3) is 0 Å². The molecule has 21 heavy (non-hydrogen) atoms. The molecule has 0 aliphatic carbocycles. The van der Waals surface area contributed by atoms with Gasteiger partial charge in [0.15, 0.2) is 0 Å². The minimum atomic E-state index is -0.720. The summed E-state index contributed by atoms with van der Waals surface area (Å²) >= 11 is 0. The average molecular weight is 287 g/mol. The molecule has 0 radical (unpaired) electrons. The Balaban J connectivity index is 1.81. The molecule has 1 aromatic carbocycles. The molecule has 1 aliphatic rings. The van der Waals surface area contributed by atoms with Crippen LogP contribution in [-0.2, 0) is 9.59 Å². The fourth-order valence-electron chi connectivity index (χ4n) is 2.14. The third-order valence-corrected chi connectivity index (χ3v) is 3.14. The molecule has 1 atom stereocenters. The minimum Gasteiger partial charge on any atom is -0.497 e. The third-order valence-electron chi connectivity index (χ3n) is 3.14. The zero-order chi connectivity index (χ0) is 14.8. The number of carbonyl (C=O) groups is 2. The molecule has 0 spiro atoms. The van der Waals surface area contributed by atoms with Gasteiger partial charge in [-0.25, -0.2) is 4.68 Å². The monoisotopic (exact) mass is 287 g/mol. The number of aromatic nitrogens is 3. The van der Waals surface area contributed by atoms with Crippen molar-refractivity contribution in [1.29, 1.82) is 0 Å². The molecule has 2 heterocycles. The van der Waals surface area contributed by atoms with Gasteiger partial charge >= 0.3 is 0 Å². The largest absolute Gasteiger partial charge is 0.497 e. The number of fused-ring (bicyclic) bond motifs is 1. The van der Waals surface area contributed by atoms with E-state index in [1.165, 1.54) is 11.0 Å². The van der Waals surface area contributed by atoms with Crippen LogP contribution in [0.4, 0.5) is 11.6 Å². The lowest BCUT2D eigenvalue weighted by Gasteiger charge is -2.22. The van der Waals surface area contributed by atoms with Gasteiger partial charge in [-0.1, -0.05) is 6.07 Å². The van der Waals surface area contributed by atoms with E-state index in [1.54, 1.807) is 31.4 Å². The van der Waals surface area contributed by atoms with Gasteiger partial charge < -0.3 is 10.1 Å². The molecule has 3 rings (SSSR count). The number of hydrogen-bond acceptors (Lipinski definition) is 5. The number of ether oxygens (including phenoxy) is 1. The van der Waals surface area contributed by atoms with Crippen LogP contribution in [0.2, 0.25) is 0 Å². The van der Waals surface area contributed by atoms with Gasteiger partial charge in [0.1, 0.15) is 18.1 Å². The summed E-state index contributed by atoms with van der Waals surface area (Å²) in [6.07, 6.45) is 1.32. The van der Waals surface area contributed by atoms with E-state index in [0.29, 0.717) is 11.4 Å². The summed E-state index contributed by atoms with van der Waals surface area (Å²) in [5.41, 5.74) is 0.590. The summed E-state index contributed by atoms with van der Waals surface area (Å²) in [7, 11) is 1.55. The lowest BCUT2D eigenvalue weighted by molar-refractivity contribution is -0.125. The molecular formula is C13H13N5O3. The Hall–Kier alpha value is -2.90. The summed E-state index contributed by atoms with van der Waals surface area (Å²) < 4.78 is 6.50. The molecule has 0 bridgehead atoms. The fraction of sp³-hybridized carbons (Fsp3) is 0.231. The molecule has 2 aromatic rings. The van der Waals surface area contributed by atoms with Crippen molar-refractivity contribution in [2.75, 3.05) is 17.7 Å². The lowest BCUT2D eigenvalue weighted by atomic mass is 10.1. The van der Waals surface area contributed by atoms with Crippen molar-refractivity contribution < 1.29 is 14.3 Å². The highest BCUT2D eigenvalue weighted by Gasteiger charge is 2.31. The Morgan fingerprint density at radius 1 is 1.52 bits per heavy atom. The summed E-state index contributed by atoms with van der Waals surface area (Å²) in [6, 6.07) is 6.26. The highest BCUT2D eigenvalue weighted by Crippen LogP contribution is 2.24. The molecule has 0 saturated carbocycles. The Labute approximate surface area is 120 Å². The predicted molar refractivity (Wildman–Crippen MR) is 73.9 cm³/mol. The molecule has 108 valence electrons. The van der Waals surface area contributed by atoms with E-state index in [-0.39, 0.29) is 24.2 Å². The number of methoxy groups -OCH3 is 1. The first-order valence-electron chi connectivity index (χ1n) is 6.31. The molecule has 0 fully saturated rings. The van der Waals surface area contributed by atoms with Crippen LogP contribution >= 0.6 is 0 Å². The highest BCUT2D eigenvalue weighted by atomic mass is 16.5. The first kappa shape index (κ1) is 13.1. The van der Waals surface area contributed by atoms with Gasteiger partial charge in [0.25, 0.3) is 0 Å². The maximum atomic E-state index is 12.4. The topological polar surface area (TPSA) is 98.1 Å². The van der Waals surface area contributed by atoms with Crippen molar-refractivity contribution >= 4 is 23.5 Å². The van der Waals surface area contributed by atoms with Gasteiger partial charge in [-0.05, 0) is 12.1 Å². The Morgan fingerprint density at radius 2 is 2.38 bits per heavy atom. The van der Waals surface area contributed by atoms with Gasteiger partial charge in [-0.2, -0.15) is 10.1 Å². The zero-order valence-electron chi connectivity index (χ0n) is 11.2. The van der Waals surface area contributed by atoms with Crippen LogP contribution in [-0.4, -0.2) is 33.7 Å². The standard InChI is InChI=1S/C13H13N5O3/c1-21-9-4-2-3-8(5-9)16-12(20)10-6-11(19)17-13-14-7-15-18(10)13/h2-5,7,10H,6H2,1H3,(H,16,20)(H,14,15,17,19). The van der Waals surface area contributed by atoms with E-state index in [2.05, 4.69) is 20.7 Å². The number of hydrogen-bond donors (Lipinski definition) is 2. The normalized spacial score (nSPS) is 16.8. The molecule has 8 heteroatoms. The van der Waals surface area contributed by atoms with Crippen molar-refractivity contribution in [2.45, 2.75) is 12.5 Å². The summed E-state index contributed by atoms with van der Waals surface area (Å²) in [5.74, 6) is 0.318. The summed E-state index contributed by atoms with van der Waals surface area (Å²) in [4.78, 5) is 27.8. The van der Waals surface area contributed by atoms with E-state index >= 15 is 0 Å². The average Bonchev–Trinajstić information content (AvgIpc) is 2.94. The number of nitrogens with one attached hydrogen (secondary N) is 2. The number of nitrogens with zero attached hydrogens (tertiary/aromatic N) is 3. The molecule has 8 nitrogen and oxygen atoms in total. The molecule has 1 aliphatic heterocycles. The molecule has 0 saturated heterocycles. The van der Waals surface area contributed by atoms with E-state index in [0.717, 1.165) is 0 Å². The Kier molecular flexibility index (Phi) is 3.27. The van der Waals surface area contributed by atoms with Gasteiger partial charge in [0.05, 0.1) is 13.5 Å². The first-order valence-corrected chi connectivity index (χ1v) is 6.31. The number of amides is 2. The van der Waals surface area contributed by atoms with E-state index in [1.807, 2.05) is 0 Å². The van der Waals surface area contributed by atoms with Crippen LogP contribution in [0.3, 0.4) is 0 Å². The van der Waals surface area contributed by atoms with E-state index in [9.17, 15) is 9.59 Å². The maximum absolute atomic E-state index is 12.4. The number of carbonyl (C=O) groups excluding carboxylic acids is 2. The Morgan fingerprint density at radius 3 is 3.19 bits per heavy atom. The van der Waals surface area contributed by atoms with Crippen LogP contribution < -0.4 is 15.4 Å². The molecule has 1 aromatic heterocycles. The van der Waals surface area contributed by atoms with Crippen LogP contribution in [0.1, 0.15) is 12.5 Å². The number of rotatable bonds is 3. The van der Waals surface area contributed by atoms with Gasteiger partial charge in [-0.3, -0.25) is 14.9 Å². The van der Waals surface area contributed by atoms with Crippen LogP contribution in [0, 0.1) is 0 Å². The Bertz CT molecular complexity index is 697. The first-order chi connectivity index (χ1) is 10.2. The fourth-order valence-corrected chi connectivity index (χ4v) is 2.14. The van der Waals surface area contributed by atoms with Crippen molar-refractivity contribution in [3.05, 3.63) is 30.6 Å². The van der Waals surface area contributed by atoms with Crippen LogP contribution in [0.15, 0.2) is 30.6 Å². The maximum Gasteiger partial charge on any atom is 0.249 e. The highest BCUT2D eigenvalue weighted by molar-refractivity contribution is 6.00. The van der Waals surface area contributed by atoms with E-state index in [4.69, 9.17) is 4.74 Å². The third kappa shape index (κ3) is 2.55. The van der Waals surface area contributed by atoms with Crippen LogP contribution in [0.5, 0.6) is 5.75 Å². The molecule has 2 N–H and O–H groups in total. The number of anilines is 2. The molecular weight excluding hydrogens is 274 g/mol. The number of benzene rings is 1. The molecule has 2 amide bonds. The zero-order valence-corrected chi connectivity index (χ0v) is 11.2. The summed E-state index contributed by atoms with van der Waals surface area (Å²) in [6.45, 7) is 0. The predicted octanol–water partition coefficient (Wildman–Crippen LogP) is 0.809. The lowest BCUT2D eigenvalue weighted by Crippen LogP contribution is -2.35. The quantitative estimate of drug-likeness (QED) is 0.870. The smallest absolute Gasteiger partial charge is 0.249 e. The minimum absolute atomic E-state index is 0.0200. The second-order valence-corrected chi connectivity index (χ2v) is 4.52. The van der Waals surface area contributed by atoms with Crippen molar-refractivity contribution in [3.8, 4) is 5.75 Å². The van der Waals surface area contributed by atoms with Gasteiger partial charge in [0, 0.05) is 11.8 Å². The molecule has 1 unspecified atom stereocenters. The van der Waals surface area contributed by atoms with Gasteiger partial charge in [0.2, 0.25) is 17.8 Å². The van der Waals surface area contributed by atoms with Crippen molar-refractivity contribution in [3.63, 3.8) is 0 Å². The van der Waals surface area contributed by atoms with Crippen molar-refractivity contribution in [2.24, 2.45) is 0 Å². The second-order valence-electron chi connectivity index (χ2n) is 4.52. The SMILES string of the molecule is COc1cccc(NC(=O)C2CC(=O)Nc3ncnn32)c1. The van der Waals surface area contributed by atoms with Gasteiger partial charge in [-0.15, -0.1) is 0 Å². The second kappa shape index (κ2) is 5.23. The van der Waals surface area contributed by atoms with E-state index < -0.39 is 6.04 Å². The summed E-state index contributed by atoms with van der Waals surface area (Å²) in [5, 5.41) is 9.28. The van der Waals surface area contributed by atoms with Crippen molar-refractivity contribution in [1.82, 2.24) is 14.8 Å².